The van der Waals surface area contributed by atoms with E-state index in [-0.39, 0.29) is 11.9 Å². The molecule has 2 aliphatic rings. The Bertz CT molecular complexity index is 1250. The van der Waals surface area contributed by atoms with Crippen molar-refractivity contribution in [3.05, 3.63) is 89.7 Å². The van der Waals surface area contributed by atoms with E-state index in [1.165, 1.54) is 27.2 Å². The van der Waals surface area contributed by atoms with E-state index in [4.69, 9.17) is 0 Å². The van der Waals surface area contributed by atoms with Crippen LogP contribution in [0.3, 0.4) is 0 Å². The van der Waals surface area contributed by atoms with Crippen LogP contribution in [-0.4, -0.2) is 63.3 Å². The second-order valence-corrected chi connectivity index (χ2v) is 10.3. The molecular formula is C31H36N4O2. The summed E-state index contributed by atoms with van der Waals surface area (Å²) in [5.74, 6) is -0.00765. The van der Waals surface area contributed by atoms with Gasteiger partial charge in [-0.05, 0) is 79.5 Å². The van der Waals surface area contributed by atoms with Crippen molar-refractivity contribution in [3.8, 4) is 11.1 Å². The van der Waals surface area contributed by atoms with Crippen molar-refractivity contribution in [3.63, 3.8) is 0 Å². The maximum Gasteiger partial charge on any atom is 0.327 e. The SMILES string of the molecule is CCN1C(=O)N(CCCc2cccnc2)C(=O)C12CCN(Cc1cccc(-c3ccccc3C)c1)CC2. The van der Waals surface area contributed by atoms with E-state index in [2.05, 4.69) is 65.3 Å². The number of carbonyl (C=O) groups is 2. The van der Waals surface area contributed by atoms with E-state index in [9.17, 15) is 9.59 Å². The molecule has 0 unspecified atom stereocenters. The third-order valence-corrected chi connectivity index (χ3v) is 7.98. The van der Waals surface area contributed by atoms with Gasteiger partial charge in [-0.25, -0.2) is 4.79 Å². The number of hydrogen-bond acceptors (Lipinski definition) is 4. The van der Waals surface area contributed by atoms with Gasteiger partial charge in [0.25, 0.3) is 5.91 Å². The van der Waals surface area contributed by atoms with Crippen LogP contribution in [-0.2, 0) is 17.8 Å². The lowest BCUT2D eigenvalue weighted by Crippen LogP contribution is -2.56. The largest absolute Gasteiger partial charge is 0.327 e. The molecule has 0 bridgehead atoms. The molecular weight excluding hydrogens is 460 g/mol. The second kappa shape index (κ2) is 10.9. The quantitative estimate of drug-likeness (QED) is 0.397. The lowest BCUT2D eigenvalue weighted by molar-refractivity contribution is -0.135. The number of urea groups is 1. The lowest BCUT2D eigenvalue weighted by atomic mass is 9.85. The van der Waals surface area contributed by atoms with Crippen molar-refractivity contribution in [2.75, 3.05) is 26.2 Å². The van der Waals surface area contributed by atoms with Crippen LogP contribution in [0.1, 0.15) is 42.9 Å². The molecule has 37 heavy (non-hydrogen) atoms. The summed E-state index contributed by atoms with van der Waals surface area (Å²) in [6, 6.07) is 21.1. The molecule has 0 N–H and O–H groups in total. The molecule has 0 saturated carbocycles. The Balaban J connectivity index is 1.23. The van der Waals surface area contributed by atoms with Crippen LogP contribution in [0.15, 0.2) is 73.1 Å². The summed E-state index contributed by atoms with van der Waals surface area (Å²) in [6.45, 7) is 7.59. The number of aryl methyl sites for hydroxylation is 2. The molecule has 2 saturated heterocycles. The van der Waals surface area contributed by atoms with E-state index in [0.29, 0.717) is 25.9 Å². The number of carbonyl (C=O) groups excluding carboxylic acids is 2. The minimum atomic E-state index is -0.695. The van der Waals surface area contributed by atoms with Crippen LogP contribution in [0.5, 0.6) is 0 Å². The van der Waals surface area contributed by atoms with Crippen molar-refractivity contribution in [1.82, 2.24) is 19.7 Å². The van der Waals surface area contributed by atoms with Gasteiger partial charge in [0.15, 0.2) is 0 Å². The molecule has 0 aliphatic carbocycles. The normalized spacial score (nSPS) is 17.7. The van der Waals surface area contributed by atoms with Gasteiger partial charge in [0.2, 0.25) is 0 Å². The fraction of sp³-hybridized carbons (Fsp3) is 0.387. The standard InChI is InChI=1S/C31H36N4O2/c1-3-35-30(37)34(18-8-12-25-11-7-17-32-22-25)29(36)31(35)15-19-33(20-16-31)23-26-10-6-13-27(21-26)28-14-5-4-9-24(28)2/h4-7,9-11,13-14,17,21-22H,3,8,12,15-16,18-20,23H2,1-2H3. The number of likely N-dealkylation sites (tertiary alicyclic amines) is 1. The van der Waals surface area contributed by atoms with Gasteiger partial charge >= 0.3 is 6.03 Å². The van der Waals surface area contributed by atoms with Crippen LogP contribution >= 0.6 is 0 Å². The predicted octanol–water partition coefficient (Wildman–Crippen LogP) is 5.31. The molecule has 2 aliphatic heterocycles. The number of likely N-dealkylation sites (N-methyl/N-ethyl adjacent to an activating group) is 1. The monoisotopic (exact) mass is 496 g/mol. The van der Waals surface area contributed by atoms with E-state index in [1.54, 1.807) is 6.20 Å². The zero-order valence-corrected chi connectivity index (χ0v) is 21.9. The van der Waals surface area contributed by atoms with Gasteiger partial charge in [0.1, 0.15) is 5.54 Å². The fourth-order valence-electron chi connectivity index (χ4n) is 5.96. The number of nitrogens with zero attached hydrogens (tertiary/aromatic N) is 4. The summed E-state index contributed by atoms with van der Waals surface area (Å²) in [5.41, 5.74) is 5.48. The zero-order chi connectivity index (χ0) is 25.8. The lowest BCUT2D eigenvalue weighted by Gasteiger charge is -2.42. The highest BCUT2D eigenvalue weighted by Gasteiger charge is 2.57. The van der Waals surface area contributed by atoms with Crippen molar-refractivity contribution in [2.24, 2.45) is 0 Å². The Morgan fingerprint density at radius 2 is 1.73 bits per heavy atom. The number of piperidine rings is 1. The number of pyridine rings is 1. The van der Waals surface area contributed by atoms with Gasteiger partial charge < -0.3 is 4.90 Å². The van der Waals surface area contributed by atoms with Crippen molar-refractivity contribution in [1.29, 1.82) is 0 Å². The summed E-state index contributed by atoms with van der Waals surface area (Å²) in [7, 11) is 0. The highest BCUT2D eigenvalue weighted by atomic mass is 16.2. The first kappa shape index (κ1) is 25.2. The van der Waals surface area contributed by atoms with Gasteiger partial charge in [-0.3, -0.25) is 19.6 Å². The van der Waals surface area contributed by atoms with Crippen LogP contribution in [0.25, 0.3) is 11.1 Å². The van der Waals surface area contributed by atoms with Gasteiger partial charge in [-0.15, -0.1) is 0 Å². The Hall–Kier alpha value is -3.51. The fourth-order valence-corrected chi connectivity index (χ4v) is 5.96. The maximum atomic E-state index is 13.6. The Labute approximate surface area is 219 Å². The van der Waals surface area contributed by atoms with Crippen molar-refractivity contribution in [2.45, 2.75) is 51.6 Å². The molecule has 1 aromatic heterocycles. The molecule has 6 nitrogen and oxygen atoms in total. The Kier molecular flexibility index (Phi) is 7.38. The van der Waals surface area contributed by atoms with Gasteiger partial charge in [0.05, 0.1) is 0 Å². The first-order valence-corrected chi connectivity index (χ1v) is 13.4. The molecule has 2 fully saturated rings. The van der Waals surface area contributed by atoms with Crippen LogP contribution in [0.2, 0.25) is 0 Å². The molecule has 3 amide bonds. The van der Waals surface area contributed by atoms with Gasteiger partial charge in [-0.2, -0.15) is 0 Å². The molecule has 192 valence electrons. The molecule has 0 atom stereocenters. The molecule has 3 aromatic rings. The third-order valence-electron chi connectivity index (χ3n) is 7.98. The van der Waals surface area contributed by atoms with Crippen LogP contribution < -0.4 is 0 Å². The van der Waals surface area contributed by atoms with Crippen LogP contribution in [0.4, 0.5) is 4.79 Å². The number of imide groups is 1. The topological polar surface area (TPSA) is 56.8 Å². The maximum absolute atomic E-state index is 13.6. The average molecular weight is 497 g/mol. The second-order valence-electron chi connectivity index (χ2n) is 10.3. The van der Waals surface area contributed by atoms with Crippen LogP contribution in [0, 0.1) is 6.92 Å². The minimum absolute atomic E-state index is 0.00765. The molecule has 2 aromatic carbocycles. The number of rotatable bonds is 8. The average Bonchev–Trinajstić information content (AvgIpc) is 3.11. The van der Waals surface area contributed by atoms with E-state index in [0.717, 1.165) is 38.0 Å². The summed E-state index contributed by atoms with van der Waals surface area (Å²) in [5, 5.41) is 0. The molecule has 3 heterocycles. The third kappa shape index (κ3) is 5.03. The van der Waals surface area contributed by atoms with E-state index >= 15 is 0 Å². The van der Waals surface area contributed by atoms with E-state index < -0.39 is 5.54 Å². The van der Waals surface area contributed by atoms with Crippen molar-refractivity contribution >= 4 is 11.9 Å². The van der Waals surface area contributed by atoms with E-state index in [1.807, 2.05) is 30.2 Å². The molecule has 0 radical (unpaired) electrons. The molecule has 1 spiro atoms. The number of aromatic nitrogens is 1. The number of benzene rings is 2. The minimum Gasteiger partial charge on any atom is -0.310 e. The molecule has 5 rings (SSSR count). The highest BCUT2D eigenvalue weighted by molar-refractivity contribution is 6.07. The van der Waals surface area contributed by atoms with Gasteiger partial charge in [0, 0.05) is 45.1 Å². The summed E-state index contributed by atoms with van der Waals surface area (Å²) in [6.07, 6.45) is 6.52. The Morgan fingerprint density at radius 1 is 0.946 bits per heavy atom. The van der Waals surface area contributed by atoms with Crippen molar-refractivity contribution < 1.29 is 9.59 Å². The first-order chi connectivity index (χ1) is 18.0. The zero-order valence-electron chi connectivity index (χ0n) is 21.9. The van der Waals surface area contributed by atoms with Gasteiger partial charge in [-0.1, -0.05) is 48.5 Å². The summed E-state index contributed by atoms with van der Waals surface area (Å²) < 4.78 is 0. The first-order valence-electron chi connectivity index (χ1n) is 13.4. The number of amides is 3. The molecule has 6 heteroatoms. The number of hydrogen-bond donors (Lipinski definition) is 0. The smallest absolute Gasteiger partial charge is 0.310 e. The predicted molar refractivity (Wildman–Crippen MR) is 146 cm³/mol. The summed E-state index contributed by atoms with van der Waals surface area (Å²) in [4.78, 5) is 36.8. The Morgan fingerprint density at radius 3 is 2.46 bits per heavy atom. The highest BCUT2D eigenvalue weighted by Crippen LogP contribution is 2.37. The summed E-state index contributed by atoms with van der Waals surface area (Å²) >= 11 is 0.